The highest BCUT2D eigenvalue weighted by Crippen LogP contribution is 2.15. The average Bonchev–Trinajstić information content (AvgIpc) is 2.90. The lowest BCUT2D eigenvalue weighted by Crippen LogP contribution is -2.31. The smallest absolute Gasteiger partial charge is 0.239 e. The molecular formula is C14H15ClN2O2. The summed E-state index contributed by atoms with van der Waals surface area (Å²) in [5.41, 5.74) is 0.813. The van der Waals surface area contributed by atoms with E-state index in [9.17, 15) is 4.79 Å². The fourth-order valence-electron chi connectivity index (χ4n) is 1.68. The number of benzene rings is 1. The van der Waals surface area contributed by atoms with Crippen molar-refractivity contribution in [1.29, 1.82) is 0 Å². The molecule has 0 spiro atoms. The molecule has 2 N–H and O–H groups in total. The van der Waals surface area contributed by atoms with Crippen molar-refractivity contribution in [3.05, 3.63) is 53.4 Å². The standard InChI is InChI=1S/C14H15ClN2O2/c1-10(13-6-3-7-19-13)17-14(18)9-16-12-5-2-4-11(15)8-12/h2-8,10,16H,9H2,1H3,(H,17,18). The fraction of sp³-hybridized carbons (Fsp3) is 0.214. The van der Waals surface area contributed by atoms with E-state index in [0.29, 0.717) is 5.02 Å². The maximum atomic E-state index is 11.8. The zero-order valence-electron chi connectivity index (χ0n) is 10.5. The Kier molecular flexibility index (Phi) is 4.47. The van der Waals surface area contributed by atoms with Crippen LogP contribution < -0.4 is 10.6 Å². The van der Waals surface area contributed by atoms with Crippen molar-refractivity contribution in [2.75, 3.05) is 11.9 Å². The summed E-state index contributed by atoms with van der Waals surface area (Å²) in [7, 11) is 0. The highest BCUT2D eigenvalue weighted by Gasteiger charge is 2.11. The van der Waals surface area contributed by atoms with Gasteiger partial charge in [0.15, 0.2) is 0 Å². The van der Waals surface area contributed by atoms with Crippen LogP contribution in [0.4, 0.5) is 5.69 Å². The van der Waals surface area contributed by atoms with Crippen molar-refractivity contribution < 1.29 is 9.21 Å². The van der Waals surface area contributed by atoms with Crippen LogP contribution in [0.15, 0.2) is 47.1 Å². The number of amides is 1. The zero-order valence-corrected chi connectivity index (χ0v) is 11.3. The van der Waals surface area contributed by atoms with Crippen LogP contribution in [0.5, 0.6) is 0 Å². The molecular weight excluding hydrogens is 264 g/mol. The topological polar surface area (TPSA) is 54.3 Å². The number of hydrogen-bond donors (Lipinski definition) is 2. The van der Waals surface area contributed by atoms with E-state index in [1.54, 1.807) is 24.5 Å². The second-order valence-electron chi connectivity index (χ2n) is 4.17. The number of anilines is 1. The number of halogens is 1. The molecule has 0 aliphatic heterocycles. The molecule has 0 aliphatic carbocycles. The Balaban J connectivity index is 1.82. The third-order valence-corrected chi connectivity index (χ3v) is 2.86. The second-order valence-corrected chi connectivity index (χ2v) is 4.60. The molecule has 0 saturated heterocycles. The largest absolute Gasteiger partial charge is 0.467 e. The Labute approximate surface area is 116 Å². The molecule has 1 atom stereocenters. The predicted molar refractivity (Wildman–Crippen MR) is 75.2 cm³/mol. The van der Waals surface area contributed by atoms with E-state index in [0.717, 1.165) is 11.4 Å². The molecule has 0 aliphatic rings. The van der Waals surface area contributed by atoms with Crippen molar-refractivity contribution in [2.24, 2.45) is 0 Å². The summed E-state index contributed by atoms with van der Waals surface area (Å²) in [5.74, 6) is 0.625. The number of furan rings is 1. The maximum absolute atomic E-state index is 11.8. The van der Waals surface area contributed by atoms with Crippen molar-refractivity contribution in [1.82, 2.24) is 5.32 Å². The maximum Gasteiger partial charge on any atom is 0.239 e. The molecule has 1 aromatic heterocycles. The van der Waals surface area contributed by atoms with E-state index in [2.05, 4.69) is 10.6 Å². The summed E-state index contributed by atoms with van der Waals surface area (Å²) in [4.78, 5) is 11.8. The average molecular weight is 279 g/mol. The summed E-state index contributed by atoms with van der Waals surface area (Å²) < 4.78 is 5.22. The summed E-state index contributed by atoms with van der Waals surface area (Å²) in [6.07, 6.45) is 1.59. The third kappa shape index (κ3) is 4.03. The Bertz CT molecular complexity index is 540. The molecule has 2 rings (SSSR count). The molecule has 0 radical (unpaired) electrons. The van der Waals surface area contributed by atoms with Gasteiger partial charge in [0.25, 0.3) is 0 Å². The van der Waals surface area contributed by atoms with Gasteiger partial charge in [-0.25, -0.2) is 0 Å². The summed E-state index contributed by atoms with van der Waals surface area (Å²) in [5, 5.41) is 6.48. The third-order valence-electron chi connectivity index (χ3n) is 2.63. The molecule has 0 fully saturated rings. The minimum Gasteiger partial charge on any atom is -0.467 e. The molecule has 19 heavy (non-hydrogen) atoms. The molecule has 0 saturated carbocycles. The Hall–Kier alpha value is -1.94. The van der Waals surface area contributed by atoms with Gasteiger partial charge in [-0.05, 0) is 37.3 Å². The van der Waals surface area contributed by atoms with Crippen LogP contribution >= 0.6 is 11.6 Å². The Morgan fingerprint density at radius 3 is 2.89 bits per heavy atom. The van der Waals surface area contributed by atoms with Gasteiger partial charge in [0.2, 0.25) is 5.91 Å². The van der Waals surface area contributed by atoms with Gasteiger partial charge in [-0.3, -0.25) is 4.79 Å². The summed E-state index contributed by atoms with van der Waals surface area (Å²) in [6.45, 7) is 2.06. The van der Waals surface area contributed by atoms with Crippen molar-refractivity contribution in [3.63, 3.8) is 0 Å². The number of carbonyl (C=O) groups is 1. The van der Waals surface area contributed by atoms with Crippen molar-refractivity contribution >= 4 is 23.2 Å². The predicted octanol–water partition coefficient (Wildman–Crippen LogP) is 3.22. The lowest BCUT2D eigenvalue weighted by Gasteiger charge is -2.12. The van der Waals surface area contributed by atoms with Crippen molar-refractivity contribution in [3.8, 4) is 0 Å². The summed E-state index contributed by atoms with van der Waals surface area (Å²) in [6, 6.07) is 10.7. The highest BCUT2D eigenvalue weighted by molar-refractivity contribution is 6.30. The molecule has 1 heterocycles. The van der Waals surface area contributed by atoms with Gasteiger partial charge in [-0.1, -0.05) is 17.7 Å². The van der Waals surface area contributed by atoms with Crippen LogP contribution in [0.2, 0.25) is 5.02 Å². The second kappa shape index (κ2) is 6.29. The zero-order chi connectivity index (χ0) is 13.7. The monoisotopic (exact) mass is 278 g/mol. The lowest BCUT2D eigenvalue weighted by molar-refractivity contribution is -0.120. The molecule has 5 heteroatoms. The first kappa shape index (κ1) is 13.5. The Morgan fingerprint density at radius 1 is 1.37 bits per heavy atom. The van der Waals surface area contributed by atoms with Gasteiger partial charge in [0.05, 0.1) is 18.8 Å². The van der Waals surface area contributed by atoms with Crippen LogP contribution in [0.3, 0.4) is 0 Å². The molecule has 1 aromatic carbocycles. The number of hydrogen-bond acceptors (Lipinski definition) is 3. The van der Waals surface area contributed by atoms with Gasteiger partial charge < -0.3 is 15.1 Å². The first-order valence-electron chi connectivity index (χ1n) is 5.97. The fourth-order valence-corrected chi connectivity index (χ4v) is 1.87. The first-order valence-corrected chi connectivity index (χ1v) is 6.35. The van der Waals surface area contributed by atoms with E-state index < -0.39 is 0 Å². The van der Waals surface area contributed by atoms with Gasteiger partial charge >= 0.3 is 0 Å². The van der Waals surface area contributed by atoms with E-state index in [1.807, 2.05) is 25.1 Å². The molecule has 2 aromatic rings. The van der Waals surface area contributed by atoms with Crippen LogP contribution in [0.25, 0.3) is 0 Å². The van der Waals surface area contributed by atoms with Crippen molar-refractivity contribution in [2.45, 2.75) is 13.0 Å². The molecule has 100 valence electrons. The summed E-state index contributed by atoms with van der Waals surface area (Å²) >= 11 is 5.86. The minimum atomic E-state index is -0.149. The van der Waals surface area contributed by atoms with Gasteiger partial charge in [-0.15, -0.1) is 0 Å². The van der Waals surface area contributed by atoms with E-state index in [-0.39, 0.29) is 18.5 Å². The van der Waals surface area contributed by atoms with Crippen LogP contribution in [-0.2, 0) is 4.79 Å². The van der Waals surface area contributed by atoms with Crippen LogP contribution in [0, 0.1) is 0 Å². The molecule has 4 nitrogen and oxygen atoms in total. The highest BCUT2D eigenvalue weighted by atomic mass is 35.5. The minimum absolute atomic E-state index is 0.108. The first-order chi connectivity index (χ1) is 9.15. The lowest BCUT2D eigenvalue weighted by atomic mass is 10.2. The van der Waals surface area contributed by atoms with Crippen LogP contribution in [0.1, 0.15) is 18.7 Å². The number of rotatable bonds is 5. The van der Waals surface area contributed by atoms with E-state index in [1.165, 1.54) is 0 Å². The Morgan fingerprint density at radius 2 is 2.21 bits per heavy atom. The van der Waals surface area contributed by atoms with Gasteiger partial charge in [-0.2, -0.15) is 0 Å². The van der Waals surface area contributed by atoms with Gasteiger partial charge in [0.1, 0.15) is 5.76 Å². The molecule has 1 amide bonds. The SMILES string of the molecule is CC(NC(=O)CNc1cccc(Cl)c1)c1ccco1. The van der Waals surface area contributed by atoms with Crippen LogP contribution in [-0.4, -0.2) is 12.5 Å². The van der Waals surface area contributed by atoms with Gasteiger partial charge in [0, 0.05) is 10.7 Å². The molecule has 1 unspecified atom stereocenters. The normalized spacial score (nSPS) is 11.9. The quantitative estimate of drug-likeness (QED) is 0.883. The van der Waals surface area contributed by atoms with E-state index >= 15 is 0 Å². The number of carbonyl (C=O) groups excluding carboxylic acids is 1. The van der Waals surface area contributed by atoms with E-state index in [4.69, 9.17) is 16.0 Å². The number of nitrogens with one attached hydrogen (secondary N) is 2. The molecule has 0 bridgehead atoms.